The Morgan fingerprint density at radius 3 is 2.70 bits per heavy atom. The van der Waals surface area contributed by atoms with E-state index in [0.29, 0.717) is 6.42 Å². The van der Waals surface area contributed by atoms with E-state index in [2.05, 4.69) is 14.9 Å². The third kappa shape index (κ3) is 4.17. The van der Waals surface area contributed by atoms with Crippen LogP contribution in [0.1, 0.15) is 18.4 Å². The maximum Gasteiger partial charge on any atom is 0.212 e. The van der Waals surface area contributed by atoms with Crippen LogP contribution in [-0.4, -0.2) is 36.2 Å². The number of pyridine rings is 1. The predicted octanol–water partition coefficient (Wildman–Crippen LogP) is 0.0685. The van der Waals surface area contributed by atoms with Crippen molar-refractivity contribution in [2.45, 2.75) is 25.3 Å². The molecule has 0 saturated heterocycles. The van der Waals surface area contributed by atoms with Crippen LogP contribution < -0.4 is 10.5 Å². The summed E-state index contributed by atoms with van der Waals surface area (Å²) >= 11 is 0. The van der Waals surface area contributed by atoms with Gasteiger partial charge in [-0.2, -0.15) is 0 Å². The number of amidine groups is 1. The number of hydrogen-bond acceptors (Lipinski definition) is 5. The largest absolute Gasteiger partial charge is 0.409 e. The van der Waals surface area contributed by atoms with Gasteiger partial charge in [-0.3, -0.25) is 4.98 Å². The molecule has 0 bridgehead atoms. The zero-order valence-corrected chi connectivity index (χ0v) is 11.8. The highest BCUT2D eigenvalue weighted by Gasteiger charge is 2.36. The predicted molar refractivity (Wildman–Crippen MR) is 74.8 cm³/mol. The molecule has 4 N–H and O–H groups in total. The second-order valence-corrected chi connectivity index (χ2v) is 6.76. The number of nitrogens with one attached hydrogen (secondary N) is 1. The molecular formula is C12H18N4O3S. The maximum atomic E-state index is 12.0. The van der Waals surface area contributed by atoms with Crippen molar-refractivity contribution in [2.24, 2.45) is 16.8 Å². The van der Waals surface area contributed by atoms with Crippen LogP contribution in [-0.2, 0) is 16.4 Å². The molecule has 1 saturated carbocycles. The minimum Gasteiger partial charge on any atom is -0.409 e. The molecule has 7 nitrogen and oxygen atoms in total. The lowest BCUT2D eigenvalue weighted by Crippen LogP contribution is -2.46. The molecule has 0 aromatic carbocycles. The summed E-state index contributed by atoms with van der Waals surface area (Å²) in [5, 5.41) is 11.6. The molecule has 0 amide bonds. The van der Waals surface area contributed by atoms with Gasteiger partial charge in [0.2, 0.25) is 10.0 Å². The number of hydrogen-bond donors (Lipinski definition) is 3. The Bertz CT molecular complexity index is 570. The monoisotopic (exact) mass is 298 g/mol. The molecule has 0 radical (unpaired) electrons. The number of aryl methyl sites for hydroxylation is 1. The van der Waals surface area contributed by atoms with Gasteiger partial charge in [-0.15, -0.1) is 0 Å². The van der Waals surface area contributed by atoms with Crippen molar-refractivity contribution in [3.8, 4) is 0 Å². The van der Waals surface area contributed by atoms with Crippen LogP contribution in [0, 0.1) is 5.92 Å². The lowest BCUT2D eigenvalue weighted by molar-refractivity contribution is 0.314. The summed E-state index contributed by atoms with van der Waals surface area (Å²) in [6.07, 6.45) is 5.41. The second kappa shape index (κ2) is 6.19. The van der Waals surface area contributed by atoms with Gasteiger partial charge in [-0.05, 0) is 42.9 Å². The topological polar surface area (TPSA) is 118 Å². The Hall–Kier alpha value is -1.67. The lowest BCUT2D eigenvalue weighted by Gasteiger charge is -2.16. The first-order valence-corrected chi connectivity index (χ1v) is 8.03. The second-order valence-electron chi connectivity index (χ2n) is 4.88. The summed E-state index contributed by atoms with van der Waals surface area (Å²) in [4.78, 5) is 3.88. The fraction of sp³-hybridized carbons (Fsp3) is 0.500. The Morgan fingerprint density at radius 1 is 1.50 bits per heavy atom. The van der Waals surface area contributed by atoms with E-state index in [1.165, 1.54) is 0 Å². The molecule has 1 aliphatic carbocycles. The first-order valence-electron chi connectivity index (χ1n) is 6.38. The van der Waals surface area contributed by atoms with Gasteiger partial charge in [0.05, 0.1) is 11.8 Å². The zero-order chi connectivity index (χ0) is 14.6. The van der Waals surface area contributed by atoms with Crippen molar-refractivity contribution in [1.29, 1.82) is 0 Å². The molecule has 110 valence electrons. The molecule has 1 unspecified atom stereocenters. The minimum absolute atomic E-state index is 0.0427. The highest BCUT2D eigenvalue weighted by molar-refractivity contribution is 7.89. The average Bonchev–Trinajstić information content (AvgIpc) is 3.28. The maximum absolute atomic E-state index is 12.0. The third-order valence-electron chi connectivity index (χ3n) is 3.24. The Morgan fingerprint density at radius 2 is 2.15 bits per heavy atom. The third-order valence-corrected chi connectivity index (χ3v) is 4.60. The fourth-order valence-electron chi connectivity index (χ4n) is 1.94. The Kier molecular flexibility index (Phi) is 4.56. The van der Waals surface area contributed by atoms with E-state index in [1.807, 2.05) is 0 Å². The van der Waals surface area contributed by atoms with Crippen LogP contribution in [0.3, 0.4) is 0 Å². The van der Waals surface area contributed by atoms with Crippen molar-refractivity contribution in [3.63, 3.8) is 0 Å². The van der Waals surface area contributed by atoms with Crippen LogP contribution in [0.4, 0.5) is 0 Å². The van der Waals surface area contributed by atoms with E-state index in [4.69, 9.17) is 10.9 Å². The Labute approximate surface area is 117 Å². The van der Waals surface area contributed by atoms with E-state index in [1.54, 1.807) is 24.5 Å². The molecule has 1 aromatic rings. The van der Waals surface area contributed by atoms with Crippen molar-refractivity contribution in [1.82, 2.24) is 9.71 Å². The zero-order valence-electron chi connectivity index (χ0n) is 10.9. The number of oxime groups is 1. The molecule has 1 aromatic heterocycles. The average molecular weight is 298 g/mol. The number of rotatable bonds is 7. The van der Waals surface area contributed by atoms with Crippen LogP contribution in [0.2, 0.25) is 0 Å². The number of nitrogens with zero attached hydrogens (tertiary/aromatic N) is 2. The molecule has 1 fully saturated rings. The van der Waals surface area contributed by atoms with Gasteiger partial charge in [0.1, 0.15) is 0 Å². The van der Waals surface area contributed by atoms with Gasteiger partial charge in [-0.1, -0.05) is 5.16 Å². The molecule has 1 aliphatic rings. The highest BCUT2D eigenvalue weighted by Crippen LogP contribution is 2.33. The quantitative estimate of drug-likeness (QED) is 0.285. The summed E-state index contributed by atoms with van der Waals surface area (Å²) < 4.78 is 26.6. The first kappa shape index (κ1) is 14.7. The van der Waals surface area contributed by atoms with E-state index in [9.17, 15) is 8.42 Å². The van der Waals surface area contributed by atoms with Crippen LogP contribution in [0.25, 0.3) is 0 Å². The lowest BCUT2D eigenvalue weighted by atomic mass is 10.2. The standard InChI is InChI=1S/C12H18N4O3S/c13-12(15-17)11(10-1-2-10)16-20(18,19)8-5-9-3-6-14-7-4-9/h3-4,6-7,10-11,16-17H,1-2,5,8H2,(H2,13,15). The van der Waals surface area contributed by atoms with E-state index < -0.39 is 16.1 Å². The molecule has 1 atom stereocenters. The molecule has 1 heterocycles. The van der Waals surface area contributed by atoms with Crippen molar-refractivity contribution >= 4 is 15.9 Å². The minimum atomic E-state index is -3.48. The summed E-state index contributed by atoms with van der Waals surface area (Å²) in [7, 11) is -3.48. The molecule has 20 heavy (non-hydrogen) atoms. The van der Waals surface area contributed by atoms with Crippen molar-refractivity contribution < 1.29 is 13.6 Å². The number of aromatic nitrogens is 1. The van der Waals surface area contributed by atoms with Gasteiger partial charge in [0.25, 0.3) is 0 Å². The van der Waals surface area contributed by atoms with E-state index in [-0.39, 0.29) is 17.5 Å². The van der Waals surface area contributed by atoms with Gasteiger partial charge in [-0.25, -0.2) is 13.1 Å². The molecule has 8 heteroatoms. The smallest absolute Gasteiger partial charge is 0.212 e. The first-order chi connectivity index (χ1) is 9.52. The van der Waals surface area contributed by atoms with Gasteiger partial charge in [0.15, 0.2) is 5.84 Å². The van der Waals surface area contributed by atoms with Crippen molar-refractivity contribution in [2.75, 3.05) is 5.75 Å². The number of sulfonamides is 1. The summed E-state index contributed by atoms with van der Waals surface area (Å²) in [5.74, 6) is 0.000419. The van der Waals surface area contributed by atoms with Crippen LogP contribution in [0.5, 0.6) is 0 Å². The molecule has 2 rings (SSSR count). The van der Waals surface area contributed by atoms with Crippen LogP contribution >= 0.6 is 0 Å². The van der Waals surface area contributed by atoms with Gasteiger partial charge in [0, 0.05) is 12.4 Å². The summed E-state index contributed by atoms with van der Waals surface area (Å²) in [5.41, 5.74) is 6.44. The normalized spacial score (nSPS) is 17.9. The van der Waals surface area contributed by atoms with E-state index >= 15 is 0 Å². The van der Waals surface area contributed by atoms with Crippen LogP contribution in [0.15, 0.2) is 29.7 Å². The van der Waals surface area contributed by atoms with Crippen molar-refractivity contribution in [3.05, 3.63) is 30.1 Å². The highest BCUT2D eigenvalue weighted by atomic mass is 32.2. The summed E-state index contributed by atoms with van der Waals surface area (Å²) in [6, 6.07) is 2.94. The molecular weight excluding hydrogens is 280 g/mol. The van der Waals surface area contributed by atoms with E-state index in [0.717, 1.165) is 18.4 Å². The molecule has 0 aliphatic heterocycles. The van der Waals surface area contributed by atoms with Gasteiger partial charge < -0.3 is 10.9 Å². The SMILES string of the molecule is NC(=NO)C(NS(=O)(=O)CCc1ccncc1)C1CC1. The number of nitrogens with two attached hydrogens (primary N) is 1. The summed E-state index contributed by atoms with van der Waals surface area (Å²) in [6.45, 7) is 0. The molecule has 0 spiro atoms. The van der Waals surface area contributed by atoms with Gasteiger partial charge >= 0.3 is 0 Å². The Balaban J connectivity index is 1.96. The fourth-order valence-corrected chi connectivity index (χ4v) is 3.27.